The molecule has 0 N–H and O–H groups in total. The van der Waals surface area contributed by atoms with Gasteiger partial charge in [0.2, 0.25) is 5.89 Å². The minimum atomic E-state index is -0.0512. The molecule has 1 amide bonds. The molecule has 0 saturated carbocycles. The summed E-state index contributed by atoms with van der Waals surface area (Å²) in [4.78, 5) is 18.3. The van der Waals surface area contributed by atoms with Crippen molar-refractivity contribution in [1.82, 2.24) is 20.2 Å². The second-order valence-corrected chi connectivity index (χ2v) is 5.50. The molecule has 1 fully saturated rings. The summed E-state index contributed by atoms with van der Waals surface area (Å²) in [6.45, 7) is 5.08. The third-order valence-electron chi connectivity index (χ3n) is 3.77. The normalized spacial score (nSPS) is 18.4. The fraction of sp³-hybridized carbons (Fsp3) is 0.571. The van der Waals surface area contributed by atoms with E-state index in [9.17, 15) is 4.79 Å². The van der Waals surface area contributed by atoms with E-state index >= 15 is 0 Å². The highest BCUT2D eigenvalue weighted by Crippen LogP contribution is 2.22. The smallest absolute Gasteiger partial charge is 0.276 e. The van der Waals surface area contributed by atoms with Gasteiger partial charge in [0, 0.05) is 32.5 Å². The van der Waals surface area contributed by atoms with Gasteiger partial charge in [-0.3, -0.25) is 4.79 Å². The van der Waals surface area contributed by atoms with Crippen molar-refractivity contribution >= 4 is 5.91 Å². The van der Waals surface area contributed by atoms with E-state index in [1.165, 1.54) is 0 Å². The van der Waals surface area contributed by atoms with Crippen molar-refractivity contribution in [2.75, 3.05) is 13.1 Å². The van der Waals surface area contributed by atoms with Gasteiger partial charge in [0.25, 0.3) is 5.91 Å². The molecule has 1 saturated heterocycles. The standard InChI is InChI=1S/C14H18N4O3/c1-9-7-12(16-20-9)14(19)18-6-5-11(8-18)3-4-13-15-10(2)21-17-13/h7,11H,3-6,8H2,1-2H3. The van der Waals surface area contributed by atoms with Crippen molar-refractivity contribution < 1.29 is 13.8 Å². The van der Waals surface area contributed by atoms with Crippen LogP contribution in [0.15, 0.2) is 15.1 Å². The van der Waals surface area contributed by atoms with Gasteiger partial charge in [-0.1, -0.05) is 10.3 Å². The number of rotatable bonds is 4. The Bertz CT molecular complexity index is 634. The van der Waals surface area contributed by atoms with Crippen LogP contribution in [0.25, 0.3) is 0 Å². The predicted molar refractivity (Wildman–Crippen MR) is 72.6 cm³/mol. The Labute approximate surface area is 122 Å². The Hall–Kier alpha value is -2.18. The molecule has 0 radical (unpaired) electrons. The lowest BCUT2D eigenvalue weighted by Gasteiger charge is -2.14. The molecule has 0 aliphatic carbocycles. The quantitative estimate of drug-likeness (QED) is 0.853. The van der Waals surface area contributed by atoms with Crippen LogP contribution in [0.5, 0.6) is 0 Å². The zero-order chi connectivity index (χ0) is 14.8. The number of hydrogen-bond donors (Lipinski definition) is 0. The third-order valence-corrected chi connectivity index (χ3v) is 3.77. The van der Waals surface area contributed by atoms with E-state index in [2.05, 4.69) is 15.3 Å². The van der Waals surface area contributed by atoms with E-state index < -0.39 is 0 Å². The summed E-state index contributed by atoms with van der Waals surface area (Å²) in [7, 11) is 0. The van der Waals surface area contributed by atoms with Crippen molar-refractivity contribution in [3.8, 4) is 0 Å². The summed E-state index contributed by atoms with van der Waals surface area (Å²) in [5, 5.41) is 7.68. The Kier molecular flexibility index (Phi) is 3.72. The first kappa shape index (κ1) is 13.8. The van der Waals surface area contributed by atoms with Gasteiger partial charge in [0.1, 0.15) is 5.76 Å². The van der Waals surface area contributed by atoms with Crippen molar-refractivity contribution in [2.45, 2.75) is 33.1 Å². The number of carbonyl (C=O) groups excluding carboxylic acids is 1. The van der Waals surface area contributed by atoms with E-state index in [1.54, 1.807) is 19.9 Å². The molecule has 2 aromatic heterocycles. The number of aromatic nitrogens is 3. The lowest BCUT2D eigenvalue weighted by atomic mass is 10.0. The largest absolute Gasteiger partial charge is 0.361 e. The SMILES string of the molecule is Cc1cc(C(=O)N2CCC(CCc3noc(C)n3)C2)no1. The van der Waals surface area contributed by atoms with Crippen LogP contribution in [0, 0.1) is 19.8 Å². The first-order valence-electron chi connectivity index (χ1n) is 7.13. The molecule has 1 atom stereocenters. The maximum absolute atomic E-state index is 12.2. The molecule has 21 heavy (non-hydrogen) atoms. The second-order valence-electron chi connectivity index (χ2n) is 5.50. The molecule has 0 bridgehead atoms. The molecule has 112 valence electrons. The summed E-state index contributed by atoms with van der Waals surface area (Å²) >= 11 is 0. The second kappa shape index (κ2) is 5.67. The maximum Gasteiger partial charge on any atom is 0.276 e. The zero-order valence-electron chi connectivity index (χ0n) is 12.2. The highest BCUT2D eigenvalue weighted by atomic mass is 16.5. The summed E-state index contributed by atoms with van der Waals surface area (Å²) in [6.07, 6.45) is 2.74. The number of likely N-dealkylation sites (tertiary alicyclic amines) is 1. The number of nitrogens with zero attached hydrogens (tertiary/aromatic N) is 4. The molecular weight excluding hydrogens is 272 g/mol. The van der Waals surface area contributed by atoms with Gasteiger partial charge < -0.3 is 13.9 Å². The lowest BCUT2D eigenvalue weighted by molar-refractivity contribution is 0.0776. The Morgan fingerprint density at radius 1 is 1.38 bits per heavy atom. The minimum Gasteiger partial charge on any atom is -0.361 e. The summed E-state index contributed by atoms with van der Waals surface area (Å²) in [6, 6.07) is 1.68. The average Bonchev–Trinajstić information content (AvgIpc) is 3.17. The van der Waals surface area contributed by atoms with Crippen LogP contribution in [-0.2, 0) is 6.42 Å². The van der Waals surface area contributed by atoms with Crippen LogP contribution in [0.4, 0.5) is 0 Å². The Balaban J connectivity index is 1.52. The van der Waals surface area contributed by atoms with E-state index in [-0.39, 0.29) is 5.91 Å². The molecule has 2 aromatic rings. The van der Waals surface area contributed by atoms with E-state index in [1.807, 2.05) is 4.90 Å². The summed E-state index contributed by atoms with van der Waals surface area (Å²) in [5.41, 5.74) is 0.391. The van der Waals surface area contributed by atoms with Gasteiger partial charge in [-0.15, -0.1) is 0 Å². The van der Waals surface area contributed by atoms with Crippen molar-refractivity contribution in [2.24, 2.45) is 5.92 Å². The average molecular weight is 290 g/mol. The van der Waals surface area contributed by atoms with Crippen LogP contribution in [0.3, 0.4) is 0 Å². The van der Waals surface area contributed by atoms with Crippen LogP contribution in [0.1, 0.15) is 40.8 Å². The topological polar surface area (TPSA) is 85.3 Å². The van der Waals surface area contributed by atoms with Crippen LogP contribution >= 0.6 is 0 Å². The van der Waals surface area contributed by atoms with Crippen LogP contribution in [-0.4, -0.2) is 39.2 Å². The van der Waals surface area contributed by atoms with Gasteiger partial charge in [-0.2, -0.15) is 4.98 Å². The van der Waals surface area contributed by atoms with Crippen LogP contribution in [0.2, 0.25) is 0 Å². The van der Waals surface area contributed by atoms with Crippen molar-refractivity contribution in [3.63, 3.8) is 0 Å². The Morgan fingerprint density at radius 2 is 2.24 bits per heavy atom. The fourth-order valence-electron chi connectivity index (χ4n) is 2.66. The molecule has 3 heterocycles. The van der Waals surface area contributed by atoms with Crippen molar-refractivity contribution in [1.29, 1.82) is 0 Å². The molecule has 7 nitrogen and oxygen atoms in total. The maximum atomic E-state index is 12.2. The van der Waals surface area contributed by atoms with Gasteiger partial charge in [-0.25, -0.2) is 0 Å². The van der Waals surface area contributed by atoms with E-state index in [4.69, 9.17) is 9.05 Å². The van der Waals surface area contributed by atoms with Crippen molar-refractivity contribution in [3.05, 3.63) is 29.2 Å². The minimum absolute atomic E-state index is 0.0512. The lowest BCUT2D eigenvalue weighted by Crippen LogP contribution is -2.29. The third kappa shape index (κ3) is 3.12. The van der Waals surface area contributed by atoms with Gasteiger partial charge in [0.15, 0.2) is 11.5 Å². The molecule has 7 heteroatoms. The Morgan fingerprint density at radius 3 is 2.90 bits per heavy atom. The number of hydrogen-bond acceptors (Lipinski definition) is 6. The molecule has 1 aliphatic rings. The highest BCUT2D eigenvalue weighted by Gasteiger charge is 2.28. The van der Waals surface area contributed by atoms with Gasteiger partial charge in [0.05, 0.1) is 0 Å². The van der Waals surface area contributed by atoms with E-state index in [0.717, 1.165) is 38.2 Å². The molecular formula is C14H18N4O3. The first-order chi connectivity index (χ1) is 10.1. The monoisotopic (exact) mass is 290 g/mol. The van der Waals surface area contributed by atoms with Gasteiger partial charge in [-0.05, 0) is 25.7 Å². The number of carbonyl (C=O) groups is 1. The van der Waals surface area contributed by atoms with Gasteiger partial charge >= 0.3 is 0 Å². The predicted octanol–water partition coefficient (Wildman–Crippen LogP) is 1.77. The highest BCUT2D eigenvalue weighted by molar-refractivity contribution is 5.92. The summed E-state index contributed by atoms with van der Waals surface area (Å²) < 4.78 is 9.91. The molecule has 0 aromatic carbocycles. The molecule has 1 unspecified atom stereocenters. The molecule has 3 rings (SSSR count). The fourth-order valence-corrected chi connectivity index (χ4v) is 2.66. The molecule has 0 spiro atoms. The summed E-state index contributed by atoms with van der Waals surface area (Å²) in [5.74, 6) is 2.41. The number of aryl methyl sites for hydroxylation is 3. The van der Waals surface area contributed by atoms with Crippen LogP contribution < -0.4 is 0 Å². The zero-order valence-corrected chi connectivity index (χ0v) is 12.2. The van der Waals surface area contributed by atoms with E-state index in [0.29, 0.717) is 23.3 Å². The number of amides is 1. The molecule has 1 aliphatic heterocycles. The first-order valence-corrected chi connectivity index (χ1v) is 7.13.